The maximum absolute atomic E-state index is 12.1. The Morgan fingerprint density at radius 2 is 2.21 bits per heavy atom. The molecular weight excluding hydrogens is 252 g/mol. The molecule has 1 aromatic heterocycles. The first-order chi connectivity index (χ1) is 9.19. The van der Waals surface area contributed by atoms with Gasteiger partial charge in [0.05, 0.1) is 12.2 Å². The normalized spacial score (nSPS) is 10.7. The zero-order chi connectivity index (χ0) is 13.7. The molecule has 1 aromatic carbocycles. The fraction of sp³-hybridized carbons (Fsp3) is 0.308. The first-order valence-electron chi connectivity index (χ1n) is 5.98. The van der Waals surface area contributed by atoms with Crippen molar-refractivity contribution in [1.29, 1.82) is 0 Å². The molecule has 102 valence electrons. The highest BCUT2D eigenvalue weighted by atomic mass is 19.3. The number of nitrogens with zero attached hydrogens (tertiary/aromatic N) is 2. The molecule has 0 fully saturated rings. The Labute approximate surface area is 110 Å². The Morgan fingerprint density at radius 1 is 1.37 bits per heavy atom. The highest BCUT2D eigenvalue weighted by Crippen LogP contribution is 2.19. The molecule has 0 atom stereocenters. The third kappa shape index (κ3) is 3.67. The summed E-state index contributed by atoms with van der Waals surface area (Å²) in [6, 6.07) is 8.41. The largest absolute Gasteiger partial charge is 0.435 e. The van der Waals surface area contributed by atoms with E-state index in [1.54, 1.807) is 24.4 Å². The molecule has 2 rings (SSSR count). The zero-order valence-electron chi connectivity index (χ0n) is 10.5. The Hall–Kier alpha value is -2.11. The molecule has 0 radical (unpaired) electrons. The van der Waals surface area contributed by atoms with E-state index in [2.05, 4.69) is 15.2 Å². The van der Waals surface area contributed by atoms with Gasteiger partial charge in [0.15, 0.2) is 0 Å². The van der Waals surface area contributed by atoms with Gasteiger partial charge in [-0.3, -0.25) is 4.68 Å². The van der Waals surface area contributed by atoms with E-state index in [1.807, 2.05) is 17.7 Å². The monoisotopic (exact) mass is 267 g/mol. The average Bonchev–Trinajstić information content (AvgIpc) is 2.83. The molecule has 0 aliphatic heterocycles. The van der Waals surface area contributed by atoms with Crippen molar-refractivity contribution in [2.45, 2.75) is 26.6 Å². The Kier molecular flexibility index (Phi) is 4.33. The molecule has 6 heteroatoms. The summed E-state index contributed by atoms with van der Waals surface area (Å²) in [7, 11) is 0. The van der Waals surface area contributed by atoms with E-state index in [0.717, 1.165) is 17.9 Å². The minimum atomic E-state index is -2.81. The molecule has 0 unspecified atom stereocenters. The van der Waals surface area contributed by atoms with Gasteiger partial charge in [-0.1, -0.05) is 6.07 Å². The molecule has 19 heavy (non-hydrogen) atoms. The van der Waals surface area contributed by atoms with Crippen LogP contribution >= 0.6 is 0 Å². The summed E-state index contributed by atoms with van der Waals surface area (Å²) < 4.78 is 30.4. The second-order valence-corrected chi connectivity index (χ2v) is 3.90. The maximum atomic E-state index is 12.1. The molecule has 0 spiro atoms. The predicted molar refractivity (Wildman–Crippen MR) is 68.3 cm³/mol. The Morgan fingerprint density at radius 3 is 2.95 bits per heavy atom. The van der Waals surface area contributed by atoms with Gasteiger partial charge in [-0.05, 0) is 25.1 Å². The van der Waals surface area contributed by atoms with Crippen LogP contribution in [0.3, 0.4) is 0 Å². The van der Waals surface area contributed by atoms with Gasteiger partial charge in [-0.25, -0.2) is 0 Å². The number of alkyl halides is 2. The van der Waals surface area contributed by atoms with Crippen LogP contribution in [0.15, 0.2) is 36.5 Å². The molecule has 0 bridgehead atoms. The van der Waals surface area contributed by atoms with E-state index in [1.165, 1.54) is 6.07 Å². The van der Waals surface area contributed by atoms with Gasteiger partial charge in [0.25, 0.3) is 0 Å². The summed E-state index contributed by atoms with van der Waals surface area (Å²) >= 11 is 0. The molecule has 4 nitrogen and oxygen atoms in total. The second-order valence-electron chi connectivity index (χ2n) is 3.90. The highest BCUT2D eigenvalue weighted by molar-refractivity contribution is 5.48. The Bertz CT molecular complexity index is 528. The molecule has 1 heterocycles. The summed E-state index contributed by atoms with van der Waals surface area (Å²) in [6.07, 6.45) is 1.73. The van der Waals surface area contributed by atoms with Crippen molar-refractivity contribution in [3.05, 3.63) is 42.2 Å². The predicted octanol–water partition coefficient (Wildman–Crippen LogP) is 3.12. The molecule has 0 amide bonds. The van der Waals surface area contributed by atoms with E-state index in [4.69, 9.17) is 0 Å². The van der Waals surface area contributed by atoms with Gasteiger partial charge < -0.3 is 10.1 Å². The Balaban J connectivity index is 1.99. The second kappa shape index (κ2) is 6.17. The quantitative estimate of drug-likeness (QED) is 0.874. The van der Waals surface area contributed by atoms with Crippen LogP contribution in [0.4, 0.5) is 14.5 Å². The number of nitrogens with one attached hydrogen (secondary N) is 1. The molecule has 1 N–H and O–H groups in total. The van der Waals surface area contributed by atoms with Gasteiger partial charge in [0.1, 0.15) is 5.75 Å². The lowest BCUT2D eigenvalue weighted by Crippen LogP contribution is -2.08. The van der Waals surface area contributed by atoms with Crippen LogP contribution in [0.25, 0.3) is 0 Å². The fourth-order valence-corrected chi connectivity index (χ4v) is 1.77. The van der Waals surface area contributed by atoms with Crippen LogP contribution < -0.4 is 10.1 Å². The van der Waals surface area contributed by atoms with Crippen molar-refractivity contribution < 1.29 is 13.5 Å². The van der Waals surface area contributed by atoms with Crippen molar-refractivity contribution in [3.63, 3.8) is 0 Å². The number of benzene rings is 1. The van der Waals surface area contributed by atoms with Crippen LogP contribution in [0, 0.1) is 0 Å². The van der Waals surface area contributed by atoms with E-state index >= 15 is 0 Å². The number of ether oxygens (including phenoxy) is 1. The summed E-state index contributed by atoms with van der Waals surface area (Å²) in [4.78, 5) is 0. The van der Waals surface area contributed by atoms with E-state index < -0.39 is 6.61 Å². The third-order valence-electron chi connectivity index (χ3n) is 2.64. The van der Waals surface area contributed by atoms with Gasteiger partial charge in [0, 0.05) is 24.5 Å². The van der Waals surface area contributed by atoms with Crippen LogP contribution in [-0.2, 0) is 13.1 Å². The van der Waals surface area contributed by atoms with Gasteiger partial charge >= 0.3 is 6.61 Å². The van der Waals surface area contributed by atoms with E-state index in [0.29, 0.717) is 6.54 Å². The van der Waals surface area contributed by atoms with Crippen LogP contribution in [-0.4, -0.2) is 16.4 Å². The SMILES string of the molecule is CCn1nccc1CNc1cccc(OC(F)F)c1. The lowest BCUT2D eigenvalue weighted by molar-refractivity contribution is -0.0498. The van der Waals surface area contributed by atoms with Gasteiger partial charge in [-0.15, -0.1) is 0 Å². The van der Waals surface area contributed by atoms with Crippen molar-refractivity contribution in [2.75, 3.05) is 5.32 Å². The van der Waals surface area contributed by atoms with E-state index in [9.17, 15) is 8.78 Å². The summed E-state index contributed by atoms with van der Waals surface area (Å²) in [6.45, 7) is 0.565. The van der Waals surface area contributed by atoms with Crippen molar-refractivity contribution in [3.8, 4) is 5.75 Å². The number of hydrogen-bond acceptors (Lipinski definition) is 3. The van der Waals surface area contributed by atoms with Crippen molar-refractivity contribution in [1.82, 2.24) is 9.78 Å². The number of anilines is 1. The van der Waals surface area contributed by atoms with Crippen molar-refractivity contribution in [2.24, 2.45) is 0 Å². The first kappa shape index (κ1) is 13.3. The standard InChI is InChI=1S/C13H15F2N3O/c1-2-18-11(6-7-17-18)9-16-10-4-3-5-12(8-10)19-13(14)15/h3-8,13,16H,2,9H2,1H3. The number of aromatic nitrogens is 2. The van der Waals surface area contributed by atoms with Crippen LogP contribution in [0.5, 0.6) is 5.75 Å². The maximum Gasteiger partial charge on any atom is 0.387 e. The van der Waals surface area contributed by atoms with Crippen LogP contribution in [0.1, 0.15) is 12.6 Å². The topological polar surface area (TPSA) is 39.1 Å². The molecular formula is C13H15F2N3O. The average molecular weight is 267 g/mol. The molecule has 0 saturated carbocycles. The molecule has 0 saturated heterocycles. The smallest absolute Gasteiger partial charge is 0.387 e. The number of halogens is 2. The van der Waals surface area contributed by atoms with Gasteiger partial charge in [-0.2, -0.15) is 13.9 Å². The summed E-state index contributed by atoms with van der Waals surface area (Å²) in [5.74, 6) is 0.143. The van der Waals surface area contributed by atoms with Crippen molar-refractivity contribution >= 4 is 5.69 Å². The number of aryl methyl sites for hydroxylation is 1. The lowest BCUT2D eigenvalue weighted by Gasteiger charge is -2.10. The molecule has 0 aliphatic rings. The molecule has 2 aromatic rings. The van der Waals surface area contributed by atoms with Crippen LogP contribution in [0.2, 0.25) is 0 Å². The zero-order valence-corrected chi connectivity index (χ0v) is 10.5. The third-order valence-corrected chi connectivity index (χ3v) is 2.64. The number of rotatable bonds is 6. The summed E-state index contributed by atoms with van der Waals surface area (Å²) in [5.41, 5.74) is 1.75. The van der Waals surface area contributed by atoms with E-state index in [-0.39, 0.29) is 5.75 Å². The fourth-order valence-electron chi connectivity index (χ4n) is 1.77. The first-order valence-corrected chi connectivity index (χ1v) is 5.98. The lowest BCUT2D eigenvalue weighted by atomic mass is 10.3. The minimum Gasteiger partial charge on any atom is -0.435 e. The summed E-state index contributed by atoms with van der Waals surface area (Å²) in [5, 5.41) is 7.31. The minimum absolute atomic E-state index is 0.143. The number of hydrogen-bond donors (Lipinski definition) is 1. The molecule has 0 aliphatic carbocycles. The highest BCUT2D eigenvalue weighted by Gasteiger charge is 2.05. The van der Waals surface area contributed by atoms with Gasteiger partial charge in [0.2, 0.25) is 0 Å².